The van der Waals surface area contributed by atoms with Crippen molar-refractivity contribution >= 4 is 17.8 Å². The van der Waals surface area contributed by atoms with E-state index >= 15 is 0 Å². The van der Waals surface area contributed by atoms with Crippen molar-refractivity contribution in [2.24, 2.45) is 11.7 Å². The summed E-state index contributed by atoms with van der Waals surface area (Å²) in [7, 11) is 0. The molecule has 0 aromatic heterocycles. The molecule has 7 heteroatoms. The first-order chi connectivity index (χ1) is 9.90. The average molecular weight is 302 g/mol. The third-order valence-corrected chi connectivity index (χ3v) is 3.45. The van der Waals surface area contributed by atoms with Crippen molar-refractivity contribution in [3.8, 4) is 0 Å². The van der Waals surface area contributed by atoms with Gasteiger partial charge in [0.25, 0.3) is 0 Å². The normalized spacial score (nSPS) is 13.4. The predicted octanol–water partition coefficient (Wildman–Crippen LogP) is 0.966. The van der Waals surface area contributed by atoms with Crippen molar-refractivity contribution in [2.45, 2.75) is 57.9 Å². The van der Waals surface area contributed by atoms with Crippen molar-refractivity contribution in [1.82, 2.24) is 5.32 Å². The molecule has 7 nitrogen and oxygen atoms in total. The van der Waals surface area contributed by atoms with Crippen molar-refractivity contribution in [2.75, 3.05) is 6.54 Å². The second-order valence-electron chi connectivity index (χ2n) is 5.13. The Morgan fingerprint density at radius 1 is 1.10 bits per heavy atom. The summed E-state index contributed by atoms with van der Waals surface area (Å²) in [5.41, 5.74) is 5.48. The highest BCUT2D eigenvalue weighted by atomic mass is 16.4. The maximum atomic E-state index is 11.8. The summed E-state index contributed by atoms with van der Waals surface area (Å²) in [6.45, 7) is 2.61. The molecular weight excluding hydrogens is 276 g/mol. The fourth-order valence-electron chi connectivity index (χ4n) is 2.10. The van der Waals surface area contributed by atoms with Crippen molar-refractivity contribution in [3.63, 3.8) is 0 Å². The third kappa shape index (κ3) is 9.84. The van der Waals surface area contributed by atoms with Crippen LogP contribution in [0.2, 0.25) is 0 Å². The topological polar surface area (TPSA) is 130 Å². The minimum atomic E-state index is -1.14. The highest BCUT2D eigenvalue weighted by Crippen LogP contribution is 2.14. The average Bonchev–Trinajstić information content (AvgIpc) is 2.41. The Kier molecular flexibility index (Phi) is 10.2. The van der Waals surface area contributed by atoms with Crippen molar-refractivity contribution in [3.05, 3.63) is 0 Å². The predicted molar refractivity (Wildman–Crippen MR) is 77.7 cm³/mol. The van der Waals surface area contributed by atoms with Crippen LogP contribution in [0.4, 0.5) is 0 Å². The van der Waals surface area contributed by atoms with Crippen LogP contribution < -0.4 is 11.1 Å². The monoisotopic (exact) mass is 302 g/mol. The molecule has 21 heavy (non-hydrogen) atoms. The molecule has 2 atom stereocenters. The van der Waals surface area contributed by atoms with Crippen LogP contribution in [0.5, 0.6) is 0 Å². The smallest absolute Gasteiger partial charge is 0.326 e. The lowest BCUT2D eigenvalue weighted by molar-refractivity contribution is -0.142. The minimum absolute atomic E-state index is 0.103. The summed E-state index contributed by atoms with van der Waals surface area (Å²) >= 11 is 0. The first kappa shape index (κ1) is 19.4. The summed E-state index contributed by atoms with van der Waals surface area (Å²) < 4.78 is 0. The number of nitrogens with one attached hydrogen (secondary N) is 1. The van der Waals surface area contributed by atoms with Crippen LogP contribution in [-0.4, -0.2) is 40.6 Å². The van der Waals surface area contributed by atoms with Gasteiger partial charge in [-0.1, -0.05) is 13.3 Å². The van der Waals surface area contributed by atoms with Crippen molar-refractivity contribution in [1.29, 1.82) is 0 Å². The van der Waals surface area contributed by atoms with E-state index in [9.17, 15) is 14.4 Å². The number of carbonyl (C=O) groups excluding carboxylic acids is 1. The van der Waals surface area contributed by atoms with E-state index in [-0.39, 0.29) is 31.6 Å². The summed E-state index contributed by atoms with van der Waals surface area (Å²) in [5, 5.41) is 20.0. The van der Waals surface area contributed by atoms with Crippen LogP contribution in [0, 0.1) is 5.92 Å². The van der Waals surface area contributed by atoms with Crippen LogP contribution in [0.3, 0.4) is 0 Å². The van der Waals surface area contributed by atoms with Crippen LogP contribution in [0.15, 0.2) is 0 Å². The lowest BCUT2D eigenvalue weighted by Crippen LogP contribution is -2.40. The highest BCUT2D eigenvalue weighted by molar-refractivity contribution is 5.83. The molecule has 0 aliphatic heterocycles. The second kappa shape index (κ2) is 11.1. The summed E-state index contributed by atoms with van der Waals surface area (Å²) in [4.78, 5) is 33.2. The van der Waals surface area contributed by atoms with E-state index in [1.165, 1.54) is 0 Å². The van der Waals surface area contributed by atoms with E-state index in [1.54, 1.807) is 0 Å². The minimum Gasteiger partial charge on any atom is -0.481 e. The Morgan fingerprint density at radius 3 is 2.24 bits per heavy atom. The molecule has 0 aliphatic carbocycles. The number of carboxylic acids is 2. The molecule has 0 bridgehead atoms. The zero-order valence-electron chi connectivity index (χ0n) is 12.5. The van der Waals surface area contributed by atoms with Crippen LogP contribution in [0.1, 0.15) is 51.9 Å². The molecule has 0 radical (unpaired) electrons. The highest BCUT2D eigenvalue weighted by Gasteiger charge is 2.20. The summed E-state index contributed by atoms with van der Waals surface area (Å²) in [6, 6.07) is -1.02. The summed E-state index contributed by atoms with van der Waals surface area (Å²) in [6.07, 6.45) is 2.97. The second-order valence-corrected chi connectivity index (χ2v) is 5.13. The number of carbonyl (C=O) groups is 3. The van der Waals surface area contributed by atoms with Gasteiger partial charge in [0.1, 0.15) is 6.04 Å². The van der Waals surface area contributed by atoms with Crippen molar-refractivity contribution < 1.29 is 24.6 Å². The molecule has 122 valence electrons. The summed E-state index contributed by atoms with van der Waals surface area (Å²) in [5.74, 6) is -2.05. The van der Waals surface area contributed by atoms with Crippen LogP contribution in [-0.2, 0) is 14.4 Å². The molecule has 0 aliphatic rings. The molecule has 0 fully saturated rings. The van der Waals surface area contributed by atoms with E-state index in [0.29, 0.717) is 18.9 Å². The van der Waals surface area contributed by atoms with Gasteiger partial charge in [0.2, 0.25) is 5.91 Å². The molecule has 0 aromatic carbocycles. The zero-order valence-corrected chi connectivity index (χ0v) is 12.5. The first-order valence-corrected chi connectivity index (χ1v) is 7.34. The number of hydrogen-bond donors (Lipinski definition) is 4. The van der Waals surface area contributed by atoms with Gasteiger partial charge in [0.15, 0.2) is 0 Å². The molecule has 1 unspecified atom stereocenters. The standard InChI is InChI=1S/C14H26N2O5/c1-2-10(8-9-15)6-7-12(17)16-11(14(20)21)4-3-5-13(18)19/h10-11H,2-9,15H2,1H3,(H,16,17)(H,18,19)(H,20,21)/t10?,11-/m1/s1. The number of aliphatic carboxylic acids is 2. The van der Waals surface area contributed by atoms with Gasteiger partial charge in [0, 0.05) is 12.8 Å². The van der Waals surface area contributed by atoms with E-state index < -0.39 is 18.0 Å². The van der Waals surface area contributed by atoms with Crippen LogP contribution in [0.25, 0.3) is 0 Å². The van der Waals surface area contributed by atoms with Gasteiger partial charge in [-0.25, -0.2) is 4.79 Å². The molecule has 0 aromatic rings. The molecule has 0 heterocycles. The van der Waals surface area contributed by atoms with Gasteiger partial charge < -0.3 is 21.3 Å². The number of carboxylic acid groups (broad SMARTS) is 2. The van der Waals surface area contributed by atoms with Gasteiger partial charge in [-0.3, -0.25) is 9.59 Å². The van der Waals surface area contributed by atoms with E-state index in [1.807, 2.05) is 6.92 Å². The lowest BCUT2D eigenvalue weighted by atomic mass is 9.96. The van der Waals surface area contributed by atoms with E-state index in [2.05, 4.69) is 5.32 Å². The molecule has 1 amide bonds. The van der Waals surface area contributed by atoms with E-state index in [4.69, 9.17) is 15.9 Å². The maximum absolute atomic E-state index is 11.8. The fraction of sp³-hybridized carbons (Fsp3) is 0.786. The maximum Gasteiger partial charge on any atom is 0.326 e. The van der Waals surface area contributed by atoms with Gasteiger partial charge in [0.05, 0.1) is 0 Å². The molecule has 0 spiro atoms. The largest absolute Gasteiger partial charge is 0.481 e. The lowest BCUT2D eigenvalue weighted by Gasteiger charge is -2.16. The van der Waals surface area contributed by atoms with Crippen LogP contribution >= 0.6 is 0 Å². The third-order valence-electron chi connectivity index (χ3n) is 3.45. The Morgan fingerprint density at radius 2 is 1.76 bits per heavy atom. The Balaban J connectivity index is 4.16. The zero-order chi connectivity index (χ0) is 16.3. The van der Waals surface area contributed by atoms with E-state index in [0.717, 1.165) is 12.8 Å². The molecular formula is C14H26N2O5. The van der Waals surface area contributed by atoms with Gasteiger partial charge in [-0.15, -0.1) is 0 Å². The molecule has 5 N–H and O–H groups in total. The van der Waals surface area contributed by atoms with Gasteiger partial charge in [-0.05, 0) is 38.1 Å². The number of nitrogens with two attached hydrogens (primary N) is 1. The molecule has 0 saturated carbocycles. The fourth-order valence-corrected chi connectivity index (χ4v) is 2.10. The Bertz CT molecular complexity index is 346. The SMILES string of the molecule is CCC(CCN)CCC(=O)N[C@H](CCCC(=O)O)C(=O)O. The molecule has 0 saturated heterocycles. The number of amides is 1. The Labute approximate surface area is 124 Å². The van der Waals surface area contributed by atoms with Gasteiger partial charge >= 0.3 is 11.9 Å². The number of hydrogen-bond acceptors (Lipinski definition) is 4. The number of rotatable bonds is 12. The molecule has 0 rings (SSSR count). The Hall–Kier alpha value is -1.63. The van der Waals surface area contributed by atoms with Gasteiger partial charge in [-0.2, -0.15) is 0 Å². The first-order valence-electron chi connectivity index (χ1n) is 7.34. The quantitative estimate of drug-likeness (QED) is 0.425.